The van der Waals surface area contributed by atoms with Gasteiger partial charge in [-0.2, -0.15) is 0 Å². The zero-order valence-corrected chi connectivity index (χ0v) is 18.0. The maximum atomic E-state index is 13.5. The normalized spacial score (nSPS) is 11.3. The summed E-state index contributed by atoms with van der Waals surface area (Å²) < 4.78 is 20.8. The Bertz CT molecular complexity index is 1420. The molecule has 0 saturated carbocycles. The van der Waals surface area contributed by atoms with Crippen molar-refractivity contribution in [2.45, 2.75) is 17.8 Å². The van der Waals surface area contributed by atoms with Crippen LogP contribution in [0.1, 0.15) is 11.5 Å². The van der Waals surface area contributed by atoms with E-state index in [9.17, 15) is 9.18 Å². The van der Waals surface area contributed by atoms with Crippen LogP contribution in [0.15, 0.2) is 80.4 Å². The summed E-state index contributed by atoms with van der Waals surface area (Å²) in [7, 11) is 0. The highest BCUT2D eigenvalue weighted by Crippen LogP contribution is 2.30. The van der Waals surface area contributed by atoms with E-state index in [0.29, 0.717) is 33.4 Å². The molecule has 0 amide bonds. The number of hydrogen-bond acceptors (Lipinski definition) is 6. The second-order valence-corrected chi connectivity index (χ2v) is 8.71. The number of aromatic nitrogens is 3. The lowest BCUT2D eigenvalue weighted by Gasteiger charge is -2.13. The Labute approximate surface area is 185 Å². The van der Waals surface area contributed by atoms with Gasteiger partial charge in [0.25, 0.3) is 5.56 Å². The van der Waals surface area contributed by atoms with Crippen molar-refractivity contribution in [2.24, 2.45) is 0 Å². The van der Waals surface area contributed by atoms with Crippen LogP contribution in [0.4, 0.5) is 4.39 Å². The highest BCUT2D eigenvalue weighted by molar-refractivity contribution is 7.98. The summed E-state index contributed by atoms with van der Waals surface area (Å²) >= 11 is 2.96. The first-order valence-electron chi connectivity index (χ1n) is 9.51. The summed E-state index contributed by atoms with van der Waals surface area (Å²) in [5.74, 6) is 1.43. The molecule has 0 unspecified atom stereocenters. The minimum atomic E-state index is -0.362. The maximum Gasteiger partial charge on any atom is 0.266 e. The quantitative estimate of drug-likeness (QED) is 0.249. The first-order chi connectivity index (χ1) is 15.1. The predicted octanol–water partition coefficient (Wildman–Crippen LogP) is 5.84. The smallest absolute Gasteiger partial charge is 0.266 e. The Morgan fingerprint density at radius 1 is 1.06 bits per heavy atom. The van der Waals surface area contributed by atoms with E-state index < -0.39 is 0 Å². The number of oxazole rings is 1. The van der Waals surface area contributed by atoms with E-state index in [1.54, 1.807) is 35.6 Å². The number of aryl methyl sites for hydroxylation is 1. The van der Waals surface area contributed by atoms with Gasteiger partial charge >= 0.3 is 0 Å². The van der Waals surface area contributed by atoms with E-state index in [0.717, 1.165) is 16.3 Å². The van der Waals surface area contributed by atoms with Crippen LogP contribution in [0.2, 0.25) is 0 Å². The minimum Gasteiger partial charge on any atom is -0.440 e. The van der Waals surface area contributed by atoms with Crippen LogP contribution in [0.5, 0.6) is 0 Å². The lowest BCUT2D eigenvalue weighted by atomic mass is 10.2. The van der Waals surface area contributed by atoms with Crippen molar-refractivity contribution in [1.82, 2.24) is 14.5 Å². The number of para-hydroxylation sites is 1. The van der Waals surface area contributed by atoms with Crippen molar-refractivity contribution >= 4 is 34.0 Å². The van der Waals surface area contributed by atoms with Crippen LogP contribution in [-0.4, -0.2) is 14.5 Å². The van der Waals surface area contributed by atoms with Crippen molar-refractivity contribution in [3.63, 3.8) is 0 Å². The monoisotopic (exact) mass is 449 g/mol. The second-order valence-electron chi connectivity index (χ2n) is 6.82. The molecule has 0 aliphatic heterocycles. The summed E-state index contributed by atoms with van der Waals surface area (Å²) in [6.45, 7) is 1.88. The molecule has 0 fully saturated rings. The van der Waals surface area contributed by atoms with Crippen LogP contribution in [0, 0.1) is 12.7 Å². The van der Waals surface area contributed by atoms with Gasteiger partial charge in [0.05, 0.1) is 27.2 Å². The molecule has 0 aliphatic rings. The molecule has 0 saturated heterocycles. The molecule has 0 bridgehead atoms. The van der Waals surface area contributed by atoms with E-state index in [1.807, 2.05) is 36.6 Å². The van der Waals surface area contributed by atoms with Crippen LogP contribution < -0.4 is 5.56 Å². The van der Waals surface area contributed by atoms with Gasteiger partial charge in [-0.1, -0.05) is 30.0 Å². The molecule has 3 aromatic heterocycles. The number of benzene rings is 2. The topological polar surface area (TPSA) is 60.9 Å². The SMILES string of the molecule is Cc1oc(-c2cccs2)nc1CSc1nc2ccccc2c(=O)n1-c1ccc(F)cc1. The van der Waals surface area contributed by atoms with Crippen LogP contribution >= 0.6 is 23.1 Å². The summed E-state index contributed by atoms with van der Waals surface area (Å²) in [5.41, 5.74) is 1.77. The number of fused-ring (bicyclic) bond motifs is 1. The second kappa shape index (κ2) is 8.13. The molecular formula is C23H16FN3O2S2. The average molecular weight is 450 g/mol. The number of thioether (sulfide) groups is 1. The zero-order chi connectivity index (χ0) is 21.4. The van der Waals surface area contributed by atoms with Gasteiger partial charge in [0, 0.05) is 5.75 Å². The van der Waals surface area contributed by atoms with E-state index in [-0.39, 0.29) is 11.4 Å². The molecule has 5 aromatic rings. The van der Waals surface area contributed by atoms with Crippen molar-refractivity contribution < 1.29 is 8.81 Å². The molecule has 5 nitrogen and oxygen atoms in total. The largest absolute Gasteiger partial charge is 0.440 e. The van der Waals surface area contributed by atoms with Gasteiger partial charge in [-0.3, -0.25) is 9.36 Å². The van der Waals surface area contributed by atoms with Gasteiger partial charge in [0.1, 0.15) is 11.6 Å². The van der Waals surface area contributed by atoms with Gasteiger partial charge in [0.15, 0.2) is 5.16 Å². The van der Waals surface area contributed by atoms with Gasteiger partial charge in [-0.25, -0.2) is 14.4 Å². The molecule has 2 aromatic carbocycles. The molecule has 0 aliphatic carbocycles. The fourth-order valence-corrected chi connectivity index (χ4v) is 4.89. The van der Waals surface area contributed by atoms with Crippen molar-refractivity contribution in [3.8, 4) is 16.5 Å². The summed E-state index contributed by atoms with van der Waals surface area (Å²) in [6.07, 6.45) is 0. The number of nitrogens with zero attached hydrogens (tertiary/aromatic N) is 3. The van der Waals surface area contributed by atoms with Gasteiger partial charge in [-0.15, -0.1) is 11.3 Å². The van der Waals surface area contributed by atoms with Crippen LogP contribution in [-0.2, 0) is 5.75 Å². The number of hydrogen-bond donors (Lipinski definition) is 0. The molecule has 154 valence electrons. The summed E-state index contributed by atoms with van der Waals surface area (Å²) in [6, 6.07) is 16.9. The number of halogens is 1. The van der Waals surface area contributed by atoms with Crippen molar-refractivity contribution in [3.05, 3.63) is 93.7 Å². The molecule has 3 heterocycles. The molecule has 0 spiro atoms. The Kier molecular flexibility index (Phi) is 5.17. The average Bonchev–Trinajstić information content (AvgIpc) is 3.43. The highest BCUT2D eigenvalue weighted by atomic mass is 32.2. The Balaban J connectivity index is 1.56. The molecular weight excluding hydrogens is 433 g/mol. The third kappa shape index (κ3) is 3.80. The fourth-order valence-electron chi connectivity index (χ4n) is 3.23. The number of thiophene rings is 1. The molecule has 0 atom stereocenters. The third-order valence-electron chi connectivity index (χ3n) is 4.79. The fraction of sp³-hybridized carbons (Fsp3) is 0.0870. The Hall–Kier alpha value is -3.23. The Morgan fingerprint density at radius 2 is 1.87 bits per heavy atom. The molecule has 0 radical (unpaired) electrons. The Morgan fingerprint density at radius 3 is 2.65 bits per heavy atom. The molecule has 31 heavy (non-hydrogen) atoms. The van der Waals surface area contributed by atoms with Crippen LogP contribution in [0.3, 0.4) is 0 Å². The minimum absolute atomic E-state index is 0.198. The van der Waals surface area contributed by atoms with Gasteiger partial charge in [0.2, 0.25) is 5.89 Å². The first kappa shape index (κ1) is 19.7. The van der Waals surface area contributed by atoms with E-state index in [4.69, 9.17) is 9.40 Å². The van der Waals surface area contributed by atoms with E-state index >= 15 is 0 Å². The predicted molar refractivity (Wildman–Crippen MR) is 121 cm³/mol. The van der Waals surface area contributed by atoms with Gasteiger partial charge < -0.3 is 4.42 Å². The number of rotatable bonds is 5. The highest BCUT2D eigenvalue weighted by Gasteiger charge is 2.17. The van der Waals surface area contributed by atoms with Crippen LogP contribution in [0.25, 0.3) is 27.4 Å². The zero-order valence-electron chi connectivity index (χ0n) is 16.4. The first-order valence-corrected chi connectivity index (χ1v) is 11.4. The van der Waals surface area contributed by atoms with E-state index in [1.165, 1.54) is 28.5 Å². The molecule has 5 rings (SSSR count). The van der Waals surface area contributed by atoms with E-state index in [2.05, 4.69) is 4.98 Å². The third-order valence-corrected chi connectivity index (χ3v) is 6.60. The van der Waals surface area contributed by atoms with Gasteiger partial charge in [-0.05, 0) is 54.8 Å². The van der Waals surface area contributed by atoms with Crippen molar-refractivity contribution in [1.29, 1.82) is 0 Å². The summed E-state index contributed by atoms with van der Waals surface area (Å²) in [5, 5.41) is 2.99. The molecule has 8 heteroatoms. The maximum absolute atomic E-state index is 13.5. The lowest BCUT2D eigenvalue weighted by Crippen LogP contribution is -2.21. The van der Waals surface area contributed by atoms with Crippen molar-refractivity contribution in [2.75, 3.05) is 0 Å². The summed E-state index contributed by atoms with van der Waals surface area (Å²) in [4.78, 5) is 23.6. The lowest BCUT2D eigenvalue weighted by molar-refractivity contribution is 0.542. The standard InChI is InChI=1S/C23H16FN3O2S2/c1-14-19(25-21(29-14)20-7-4-12-30-20)13-31-23-26-18-6-3-2-5-17(18)22(28)27(23)16-10-8-15(24)9-11-16/h2-12H,13H2,1H3. The molecule has 0 N–H and O–H groups in total.